The molecule has 4 heteroatoms. The van der Waals surface area contributed by atoms with Gasteiger partial charge in [-0.05, 0) is 56.3 Å². The number of carbonyl (C=O) groups excluding carboxylic acids is 1. The molecule has 0 aromatic heterocycles. The molecular weight excluding hydrogens is 346 g/mol. The maximum atomic E-state index is 12.9. The molecule has 0 bridgehead atoms. The van der Waals surface area contributed by atoms with Gasteiger partial charge in [-0.1, -0.05) is 47.5 Å². The fourth-order valence-electron chi connectivity index (χ4n) is 4.91. The number of rotatable bonds is 5. The lowest BCUT2D eigenvalue weighted by Crippen LogP contribution is -2.34. The largest absolute Gasteiger partial charge is 0.338 e. The number of amides is 1. The number of benzene rings is 2. The third-order valence-corrected chi connectivity index (χ3v) is 6.30. The molecule has 2 N–H and O–H groups in total. The van der Waals surface area contributed by atoms with Gasteiger partial charge in [-0.15, -0.1) is 0 Å². The van der Waals surface area contributed by atoms with E-state index in [1.165, 1.54) is 5.56 Å². The topological polar surface area (TPSA) is 49.6 Å². The van der Waals surface area contributed by atoms with Crippen LogP contribution in [0, 0.1) is 25.7 Å². The summed E-state index contributed by atoms with van der Waals surface area (Å²) >= 11 is 0. The number of likely N-dealkylation sites (tertiary alicyclic amines) is 2. The normalized spacial score (nSPS) is 23.0. The van der Waals surface area contributed by atoms with Gasteiger partial charge >= 0.3 is 0 Å². The fraction of sp³-hybridized carbons (Fsp3) is 0.458. The molecule has 3 atom stereocenters. The molecule has 2 aromatic rings. The number of fused-ring (bicyclic) bond motifs is 1. The first-order chi connectivity index (χ1) is 13.5. The van der Waals surface area contributed by atoms with E-state index < -0.39 is 0 Å². The van der Waals surface area contributed by atoms with E-state index in [0.717, 1.165) is 55.8 Å². The zero-order chi connectivity index (χ0) is 19.7. The Bertz CT molecular complexity index is 801. The highest BCUT2D eigenvalue weighted by atomic mass is 16.2. The Morgan fingerprint density at radius 2 is 1.61 bits per heavy atom. The van der Waals surface area contributed by atoms with Crippen LogP contribution in [0.3, 0.4) is 0 Å². The van der Waals surface area contributed by atoms with Gasteiger partial charge in [0.2, 0.25) is 0 Å². The Morgan fingerprint density at radius 3 is 2.21 bits per heavy atom. The molecule has 148 valence electrons. The van der Waals surface area contributed by atoms with Gasteiger partial charge in [0.15, 0.2) is 0 Å². The van der Waals surface area contributed by atoms with E-state index in [0.29, 0.717) is 11.8 Å². The second kappa shape index (κ2) is 8.06. The van der Waals surface area contributed by atoms with E-state index in [1.807, 2.05) is 18.2 Å². The molecule has 28 heavy (non-hydrogen) atoms. The second-order valence-corrected chi connectivity index (χ2v) is 8.67. The van der Waals surface area contributed by atoms with E-state index >= 15 is 0 Å². The average Bonchev–Trinajstić information content (AvgIpc) is 3.24. The summed E-state index contributed by atoms with van der Waals surface area (Å²) in [7, 11) is 0. The number of carbonyl (C=O) groups is 1. The first-order valence-electron chi connectivity index (χ1n) is 10.4. The highest BCUT2D eigenvalue weighted by Gasteiger charge is 2.41. The van der Waals surface area contributed by atoms with E-state index in [-0.39, 0.29) is 11.9 Å². The summed E-state index contributed by atoms with van der Waals surface area (Å²) in [6.07, 6.45) is 0.981. The van der Waals surface area contributed by atoms with Gasteiger partial charge < -0.3 is 15.5 Å². The smallest absolute Gasteiger partial charge is 0.253 e. The van der Waals surface area contributed by atoms with Gasteiger partial charge in [-0.3, -0.25) is 4.79 Å². The molecule has 0 radical (unpaired) electrons. The lowest BCUT2D eigenvalue weighted by molar-refractivity contribution is 0.0773. The predicted molar refractivity (Wildman–Crippen MR) is 113 cm³/mol. The number of aryl methyl sites for hydroxylation is 2. The highest BCUT2D eigenvalue weighted by Crippen LogP contribution is 2.32. The standard InChI is InChI=1S/C24H31N3O/c1-17-10-18(2)12-20(11-17)24(28)27-15-21-13-26(14-22(21)16-27)9-8-23(25)19-6-4-3-5-7-19/h3-7,10-12,21-23H,8-9,13-16,25H2,1-2H3/t21?,22?,23-/m0/s1. The summed E-state index contributed by atoms with van der Waals surface area (Å²) in [5, 5.41) is 0. The molecule has 2 saturated heterocycles. The number of nitrogens with zero attached hydrogens (tertiary/aromatic N) is 2. The van der Waals surface area contributed by atoms with Crippen molar-refractivity contribution >= 4 is 5.91 Å². The van der Waals surface area contributed by atoms with Crippen molar-refractivity contribution in [2.45, 2.75) is 26.3 Å². The summed E-state index contributed by atoms with van der Waals surface area (Å²) in [5.74, 6) is 1.39. The van der Waals surface area contributed by atoms with Gasteiger partial charge in [-0.2, -0.15) is 0 Å². The first kappa shape index (κ1) is 19.2. The lowest BCUT2D eigenvalue weighted by Gasteiger charge is -2.23. The quantitative estimate of drug-likeness (QED) is 0.869. The minimum Gasteiger partial charge on any atom is -0.338 e. The Balaban J connectivity index is 1.29. The van der Waals surface area contributed by atoms with Crippen LogP contribution in [0.4, 0.5) is 0 Å². The van der Waals surface area contributed by atoms with Crippen LogP contribution in [0.1, 0.15) is 39.5 Å². The minimum atomic E-state index is 0.101. The van der Waals surface area contributed by atoms with Crippen molar-refractivity contribution in [2.24, 2.45) is 17.6 Å². The van der Waals surface area contributed by atoms with Crippen molar-refractivity contribution in [3.8, 4) is 0 Å². The van der Waals surface area contributed by atoms with Crippen molar-refractivity contribution in [1.29, 1.82) is 0 Å². The van der Waals surface area contributed by atoms with Gasteiger partial charge in [0.1, 0.15) is 0 Å². The van der Waals surface area contributed by atoms with E-state index in [1.54, 1.807) is 0 Å². The summed E-state index contributed by atoms with van der Waals surface area (Å²) in [5.41, 5.74) is 10.7. The van der Waals surface area contributed by atoms with Crippen LogP contribution in [-0.2, 0) is 0 Å². The Kier molecular flexibility index (Phi) is 5.51. The summed E-state index contributed by atoms with van der Waals surface area (Å²) < 4.78 is 0. The summed E-state index contributed by atoms with van der Waals surface area (Å²) in [6, 6.07) is 16.6. The molecule has 4 rings (SSSR count). The number of hydrogen-bond acceptors (Lipinski definition) is 3. The fourth-order valence-corrected chi connectivity index (χ4v) is 4.91. The third-order valence-electron chi connectivity index (χ3n) is 6.30. The monoisotopic (exact) mass is 377 g/mol. The van der Waals surface area contributed by atoms with Crippen LogP contribution in [0.25, 0.3) is 0 Å². The molecule has 2 fully saturated rings. The third kappa shape index (κ3) is 4.13. The molecular formula is C24H31N3O. The molecule has 2 heterocycles. The SMILES string of the molecule is Cc1cc(C)cc(C(=O)N2CC3CN(CC[C@H](N)c4ccccc4)CC3C2)c1. The number of hydrogen-bond donors (Lipinski definition) is 1. The van der Waals surface area contributed by atoms with Crippen LogP contribution < -0.4 is 5.73 Å². The zero-order valence-electron chi connectivity index (χ0n) is 17.0. The molecule has 0 saturated carbocycles. The molecule has 0 spiro atoms. The number of nitrogens with two attached hydrogens (primary N) is 1. The molecule has 2 unspecified atom stereocenters. The minimum absolute atomic E-state index is 0.101. The van der Waals surface area contributed by atoms with Crippen molar-refractivity contribution in [3.63, 3.8) is 0 Å². The first-order valence-corrected chi connectivity index (χ1v) is 10.4. The Labute approximate surface area is 168 Å². The predicted octanol–water partition coefficient (Wildman–Crippen LogP) is 3.40. The van der Waals surface area contributed by atoms with Crippen LogP contribution >= 0.6 is 0 Å². The van der Waals surface area contributed by atoms with E-state index in [9.17, 15) is 4.79 Å². The van der Waals surface area contributed by atoms with Crippen LogP contribution in [-0.4, -0.2) is 48.4 Å². The average molecular weight is 378 g/mol. The van der Waals surface area contributed by atoms with Crippen LogP contribution in [0.5, 0.6) is 0 Å². The van der Waals surface area contributed by atoms with Crippen molar-refractivity contribution in [2.75, 3.05) is 32.7 Å². The van der Waals surface area contributed by atoms with Crippen molar-refractivity contribution in [3.05, 3.63) is 70.8 Å². The maximum absolute atomic E-state index is 12.9. The van der Waals surface area contributed by atoms with Gasteiger partial charge in [0.25, 0.3) is 5.91 Å². The maximum Gasteiger partial charge on any atom is 0.253 e. The molecule has 0 aliphatic carbocycles. The van der Waals surface area contributed by atoms with E-state index in [4.69, 9.17) is 5.73 Å². The molecule has 2 aliphatic rings. The van der Waals surface area contributed by atoms with Gasteiger partial charge in [-0.25, -0.2) is 0 Å². The van der Waals surface area contributed by atoms with Gasteiger partial charge in [0.05, 0.1) is 0 Å². The van der Waals surface area contributed by atoms with Crippen molar-refractivity contribution < 1.29 is 4.79 Å². The molecule has 4 nitrogen and oxygen atoms in total. The van der Waals surface area contributed by atoms with Gasteiger partial charge in [0, 0.05) is 37.8 Å². The summed E-state index contributed by atoms with van der Waals surface area (Å²) in [4.78, 5) is 17.5. The van der Waals surface area contributed by atoms with E-state index in [2.05, 4.69) is 54.0 Å². The van der Waals surface area contributed by atoms with Crippen LogP contribution in [0.2, 0.25) is 0 Å². The Hall–Kier alpha value is -2.17. The Morgan fingerprint density at radius 1 is 1.00 bits per heavy atom. The molecule has 2 aliphatic heterocycles. The lowest BCUT2D eigenvalue weighted by atomic mass is 10.0. The zero-order valence-corrected chi connectivity index (χ0v) is 17.0. The highest BCUT2D eigenvalue weighted by molar-refractivity contribution is 5.94. The van der Waals surface area contributed by atoms with Crippen LogP contribution in [0.15, 0.2) is 48.5 Å². The summed E-state index contributed by atoms with van der Waals surface area (Å²) in [6.45, 7) is 9.09. The second-order valence-electron chi connectivity index (χ2n) is 8.67. The molecule has 2 aromatic carbocycles. The van der Waals surface area contributed by atoms with Crippen molar-refractivity contribution in [1.82, 2.24) is 9.80 Å². The molecule has 1 amide bonds.